The minimum Gasteiger partial charge on any atom is -0.286 e. The summed E-state index contributed by atoms with van der Waals surface area (Å²) in [4.78, 5) is 16.9. The molecule has 0 spiro atoms. The van der Waals surface area contributed by atoms with Gasteiger partial charge in [0.15, 0.2) is 15.7 Å². The number of amides is 1. The summed E-state index contributed by atoms with van der Waals surface area (Å²) in [5.41, 5.74) is -0.107. The fraction of sp³-hybridized carbons (Fsp3) is 0.389. The number of carbonyl (C=O) groups is 1. The topological polar surface area (TPSA) is 91.1 Å². The summed E-state index contributed by atoms with van der Waals surface area (Å²) in [6.45, 7) is 1.25. The Kier molecular flexibility index (Phi) is 4.29. The Morgan fingerprint density at radius 1 is 1.34 bits per heavy atom. The van der Waals surface area contributed by atoms with E-state index in [2.05, 4.69) is 11.1 Å². The molecular weight excluding hydrogens is 427 g/mol. The van der Waals surface area contributed by atoms with E-state index in [9.17, 15) is 31.6 Å². The first-order chi connectivity index (χ1) is 13.5. The number of aromatic nitrogens is 1. The second-order valence-electron chi connectivity index (χ2n) is 7.00. The van der Waals surface area contributed by atoms with Crippen LogP contribution in [0.1, 0.15) is 45.4 Å². The molecule has 0 atom stereocenters. The van der Waals surface area contributed by atoms with Crippen molar-refractivity contribution in [1.29, 1.82) is 5.26 Å². The molecule has 2 aliphatic rings. The quantitative estimate of drug-likeness (QED) is 0.722. The van der Waals surface area contributed by atoms with Crippen LogP contribution in [0, 0.1) is 11.3 Å². The number of nitrogens with zero attached hydrogens (tertiary/aromatic N) is 3. The van der Waals surface area contributed by atoms with Gasteiger partial charge in [-0.25, -0.2) is 13.4 Å². The number of hydrogen-bond acceptors (Lipinski definition) is 6. The molecule has 2 aromatic heterocycles. The van der Waals surface area contributed by atoms with Crippen LogP contribution >= 0.6 is 11.3 Å². The highest BCUT2D eigenvalue weighted by Gasteiger charge is 2.46. The molecule has 0 radical (unpaired) electrons. The van der Waals surface area contributed by atoms with E-state index in [1.54, 1.807) is 0 Å². The molecule has 0 aromatic carbocycles. The summed E-state index contributed by atoms with van der Waals surface area (Å²) in [7, 11) is -3.80. The number of nitriles is 1. The normalized spacial score (nSPS) is 17.9. The maximum atomic E-state index is 12.9. The number of thiophene rings is 1. The highest BCUT2D eigenvalue weighted by molar-refractivity contribution is 7.91. The predicted octanol–water partition coefficient (Wildman–Crippen LogP) is 3.67. The van der Waals surface area contributed by atoms with Crippen LogP contribution in [0.3, 0.4) is 0 Å². The molecule has 1 aliphatic heterocycles. The van der Waals surface area contributed by atoms with E-state index in [-0.39, 0.29) is 33.5 Å². The van der Waals surface area contributed by atoms with Crippen LogP contribution in [-0.4, -0.2) is 25.1 Å². The van der Waals surface area contributed by atoms with Gasteiger partial charge in [-0.3, -0.25) is 9.69 Å². The van der Waals surface area contributed by atoms with Crippen LogP contribution in [0.25, 0.3) is 0 Å². The van der Waals surface area contributed by atoms with Gasteiger partial charge >= 0.3 is 6.18 Å². The van der Waals surface area contributed by atoms with Crippen LogP contribution in [0.5, 0.6) is 0 Å². The van der Waals surface area contributed by atoms with Gasteiger partial charge in [0.05, 0.1) is 28.7 Å². The standard InChI is InChI=1S/C18H14F3N3O3S2/c1-2-29(26,27)12-6-11(17(9-22)3-4-17)7-23-15(12)24-8-10-5-13(18(19,20)21)28-14(10)16(24)25/h5-7H,2-4,8H2,1H3. The second-order valence-corrected chi connectivity index (χ2v) is 10.3. The maximum Gasteiger partial charge on any atom is 0.425 e. The number of rotatable bonds is 4. The zero-order valence-corrected chi connectivity index (χ0v) is 16.7. The summed E-state index contributed by atoms with van der Waals surface area (Å²) < 4.78 is 64.1. The van der Waals surface area contributed by atoms with E-state index < -0.39 is 32.2 Å². The van der Waals surface area contributed by atoms with Gasteiger partial charge < -0.3 is 0 Å². The molecule has 0 unspecified atom stereocenters. The third-order valence-electron chi connectivity index (χ3n) is 5.18. The number of hydrogen-bond donors (Lipinski definition) is 0. The third-order valence-corrected chi connectivity index (χ3v) is 8.12. The monoisotopic (exact) mass is 441 g/mol. The predicted molar refractivity (Wildman–Crippen MR) is 98.3 cm³/mol. The average molecular weight is 441 g/mol. The molecule has 1 amide bonds. The second kappa shape index (κ2) is 6.27. The van der Waals surface area contributed by atoms with Crippen molar-refractivity contribution in [2.24, 2.45) is 0 Å². The summed E-state index contributed by atoms with van der Waals surface area (Å²) in [6, 6.07) is 4.46. The lowest BCUT2D eigenvalue weighted by Gasteiger charge is -2.20. The van der Waals surface area contributed by atoms with Gasteiger partial charge in [-0.15, -0.1) is 11.3 Å². The molecule has 3 heterocycles. The van der Waals surface area contributed by atoms with E-state index >= 15 is 0 Å². The van der Waals surface area contributed by atoms with Crippen molar-refractivity contribution in [3.8, 4) is 6.07 Å². The smallest absolute Gasteiger partial charge is 0.286 e. The Morgan fingerprint density at radius 3 is 2.55 bits per heavy atom. The Bertz CT molecular complexity index is 1180. The van der Waals surface area contributed by atoms with Gasteiger partial charge in [0, 0.05) is 6.20 Å². The average Bonchev–Trinajstić information content (AvgIpc) is 3.26. The van der Waals surface area contributed by atoms with Crippen molar-refractivity contribution in [2.45, 2.75) is 42.8 Å². The summed E-state index contributed by atoms with van der Waals surface area (Å²) in [5.74, 6) is -1.08. The molecule has 1 fully saturated rings. The number of anilines is 1. The first-order valence-electron chi connectivity index (χ1n) is 8.69. The fourth-order valence-corrected chi connectivity index (χ4v) is 5.33. The minimum absolute atomic E-state index is 0.0706. The summed E-state index contributed by atoms with van der Waals surface area (Å²) in [6.07, 6.45) is -1.99. The molecule has 152 valence electrons. The number of pyridine rings is 1. The van der Waals surface area contributed by atoms with Gasteiger partial charge in [-0.2, -0.15) is 18.4 Å². The van der Waals surface area contributed by atoms with Crippen LogP contribution in [0.2, 0.25) is 0 Å². The van der Waals surface area contributed by atoms with E-state index in [1.165, 1.54) is 19.2 Å². The van der Waals surface area contributed by atoms with E-state index in [1.807, 2.05) is 0 Å². The molecule has 0 N–H and O–H groups in total. The Hall–Kier alpha value is -2.45. The van der Waals surface area contributed by atoms with Crippen LogP contribution < -0.4 is 4.90 Å². The Morgan fingerprint density at radius 2 is 2.03 bits per heavy atom. The van der Waals surface area contributed by atoms with Gasteiger partial charge in [0.25, 0.3) is 5.91 Å². The highest BCUT2D eigenvalue weighted by Crippen LogP contribution is 2.49. The molecule has 4 rings (SSSR count). The first-order valence-corrected chi connectivity index (χ1v) is 11.2. The molecule has 2 aromatic rings. The zero-order valence-electron chi connectivity index (χ0n) is 15.1. The van der Waals surface area contributed by atoms with Crippen molar-refractivity contribution in [3.05, 3.63) is 39.2 Å². The number of carbonyl (C=O) groups excluding carboxylic acids is 1. The molecular formula is C18H14F3N3O3S2. The van der Waals surface area contributed by atoms with Gasteiger partial charge in [0.1, 0.15) is 9.77 Å². The number of halogens is 3. The summed E-state index contributed by atoms with van der Waals surface area (Å²) in [5, 5.41) is 9.38. The van der Waals surface area contributed by atoms with E-state index in [4.69, 9.17) is 0 Å². The number of alkyl halides is 3. The fourth-order valence-electron chi connectivity index (χ4n) is 3.28. The number of fused-ring (bicyclic) bond motifs is 1. The molecule has 11 heteroatoms. The van der Waals surface area contributed by atoms with Crippen molar-refractivity contribution < 1.29 is 26.4 Å². The van der Waals surface area contributed by atoms with E-state index in [0.717, 1.165) is 11.0 Å². The maximum absolute atomic E-state index is 12.9. The zero-order chi connectivity index (χ0) is 21.2. The first kappa shape index (κ1) is 19.8. The lowest BCUT2D eigenvalue weighted by molar-refractivity contribution is -0.134. The molecule has 1 saturated carbocycles. The minimum atomic E-state index is -4.55. The number of sulfone groups is 1. The summed E-state index contributed by atoms with van der Waals surface area (Å²) >= 11 is 0.339. The van der Waals surface area contributed by atoms with Gasteiger partial charge in [-0.05, 0) is 36.1 Å². The lowest BCUT2D eigenvalue weighted by atomic mass is 10.00. The van der Waals surface area contributed by atoms with Crippen molar-refractivity contribution in [1.82, 2.24) is 4.98 Å². The van der Waals surface area contributed by atoms with Crippen molar-refractivity contribution >= 4 is 32.9 Å². The highest BCUT2D eigenvalue weighted by atomic mass is 32.2. The third kappa shape index (κ3) is 3.11. The van der Waals surface area contributed by atoms with Crippen LogP contribution in [-0.2, 0) is 28.0 Å². The van der Waals surface area contributed by atoms with Crippen molar-refractivity contribution in [2.75, 3.05) is 10.7 Å². The SMILES string of the molecule is CCS(=O)(=O)c1cc(C2(C#N)CC2)cnc1N1Cc2cc(C(F)(F)F)sc2C1=O. The molecule has 6 nitrogen and oxygen atoms in total. The largest absolute Gasteiger partial charge is 0.425 e. The van der Waals surface area contributed by atoms with Gasteiger partial charge in [-0.1, -0.05) is 6.92 Å². The Balaban J connectivity index is 1.78. The van der Waals surface area contributed by atoms with Crippen molar-refractivity contribution in [3.63, 3.8) is 0 Å². The molecule has 1 aliphatic carbocycles. The van der Waals surface area contributed by atoms with E-state index in [0.29, 0.717) is 29.7 Å². The van der Waals surface area contributed by atoms with Gasteiger partial charge in [0.2, 0.25) is 0 Å². The molecule has 29 heavy (non-hydrogen) atoms. The molecule has 0 saturated heterocycles. The lowest BCUT2D eigenvalue weighted by Crippen LogP contribution is -2.27. The Labute approximate surface area is 168 Å². The van der Waals surface area contributed by atoms with Crippen LogP contribution in [0.15, 0.2) is 23.2 Å². The molecule has 0 bridgehead atoms. The van der Waals surface area contributed by atoms with Crippen LogP contribution in [0.4, 0.5) is 19.0 Å².